The third-order valence-electron chi connectivity index (χ3n) is 3.75. The normalized spacial score (nSPS) is 10.8. The van der Waals surface area contributed by atoms with Crippen LogP contribution in [0.5, 0.6) is 0 Å². The molecule has 0 bridgehead atoms. The molecule has 0 aliphatic carbocycles. The first-order valence-electron chi connectivity index (χ1n) is 7.14. The summed E-state index contributed by atoms with van der Waals surface area (Å²) in [6, 6.07) is 16.5. The van der Waals surface area contributed by atoms with Gasteiger partial charge >= 0.3 is 0 Å². The zero-order chi connectivity index (χ0) is 14.8. The van der Waals surface area contributed by atoms with Gasteiger partial charge in [-0.3, -0.25) is 0 Å². The molecule has 0 amide bonds. The van der Waals surface area contributed by atoms with Crippen LogP contribution in [0.15, 0.2) is 48.5 Å². The van der Waals surface area contributed by atoms with Crippen molar-refractivity contribution >= 4 is 16.6 Å². The first kappa shape index (κ1) is 13.6. The zero-order valence-corrected chi connectivity index (χ0v) is 12.7. The molecule has 0 aliphatic rings. The van der Waals surface area contributed by atoms with Crippen molar-refractivity contribution in [3.63, 3.8) is 0 Å². The number of nitrogens with zero attached hydrogens (tertiary/aromatic N) is 3. The molecular formula is C18H19N3. The molecule has 3 heteroatoms. The van der Waals surface area contributed by atoms with Crippen molar-refractivity contribution in [3.8, 4) is 0 Å². The van der Waals surface area contributed by atoms with Crippen molar-refractivity contribution < 1.29 is 0 Å². The molecular weight excluding hydrogens is 258 g/mol. The van der Waals surface area contributed by atoms with Crippen molar-refractivity contribution in [3.05, 3.63) is 65.6 Å². The molecule has 0 aliphatic heterocycles. The topological polar surface area (TPSA) is 29.0 Å². The molecule has 1 aromatic heterocycles. The van der Waals surface area contributed by atoms with Gasteiger partial charge in [0.1, 0.15) is 5.82 Å². The Kier molecular flexibility index (Phi) is 3.57. The maximum atomic E-state index is 4.68. The Hall–Kier alpha value is -2.42. The van der Waals surface area contributed by atoms with Crippen LogP contribution in [0.2, 0.25) is 0 Å². The van der Waals surface area contributed by atoms with Gasteiger partial charge in [0.15, 0.2) is 0 Å². The smallest absolute Gasteiger partial charge is 0.148 e. The number of para-hydroxylation sites is 2. The Morgan fingerprint density at radius 2 is 1.62 bits per heavy atom. The Balaban J connectivity index is 1.93. The van der Waals surface area contributed by atoms with E-state index in [9.17, 15) is 0 Å². The standard InChI is InChI=1S/C18H19N3/c1-13-8-4-7-11-17(13)21(3)12-18-19-14(2)15-9-5-6-10-16(15)20-18/h4-11H,12H2,1-3H3. The lowest BCUT2D eigenvalue weighted by Crippen LogP contribution is -2.19. The molecule has 2 aromatic carbocycles. The van der Waals surface area contributed by atoms with Crippen molar-refractivity contribution in [2.75, 3.05) is 11.9 Å². The Morgan fingerprint density at radius 1 is 0.905 bits per heavy atom. The van der Waals surface area contributed by atoms with Gasteiger partial charge in [0.05, 0.1) is 12.1 Å². The lowest BCUT2D eigenvalue weighted by atomic mass is 10.2. The number of fused-ring (bicyclic) bond motifs is 1. The molecule has 0 atom stereocenters. The van der Waals surface area contributed by atoms with Crippen LogP contribution >= 0.6 is 0 Å². The summed E-state index contributed by atoms with van der Waals surface area (Å²) in [7, 11) is 2.08. The van der Waals surface area contributed by atoms with Crippen LogP contribution < -0.4 is 4.90 Å². The van der Waals surface area contributed by atoms with Crippen LogP contribution in [0.4, 0.5) is 5.69 Å². The van der Waals surface area contributed by atoms with E-state index in [1.807, 2.05) is 25.1 Å². The van der Waals surface area contributed by atoms with Crippen LogP contribution in [0.3, 0.4) is 0 Å². The lowest BCUT2D eigenvalue weighted by Gasteiger charge is -2.20. The summed E-state index contributed by atoms with van der Waals surface area (Å²) in [5.41, 5.74) is 4.52. The van der Waals surface area contributed by atoms with Crippen molar-refractivity contribution in [1.29, 1.82) is 0 Å². The molecule has 0 saturated heterocycles. The van der Waals surface area contributed by atoms with Crippen LogP contribution in [0, 0.1) is 13.8 Å². The van der Waals surface area contributed by atoms with E-state index in [1.54, 1.807) is 0 Å². The van der Waals surface area contributed by atoms with Gasteiger partial charge in [0, 0.05) is 23.8 Å². The highest BCUT2D eigenvalue weighted by Crippen LogP contribution is 2.20. The SMILES string of the molecule is Cc1ccccc1N(C)Cc1nc(C)c2ccccc2n1. The summed E-state index contributed by atoms with van der Waals surface area (Å²) in [6.45, 7) is 4.87. The summed E-state index contributed by atoms with van der Waals surface area (Å²) in [4.78, 5) is 11.5. The summed E-state index contributed by atoms with van der Waals surface area (Å²) < 4.78 is 0. The van der Waals surface area contributed by atoms with E-state index in [0.717, 1.165) is 22.4 Å². The second kappa shape index (κ2) is 5.52. The summed E-state index contributed by atoms with van der Waals surface area (Å²) >= 11 is 0. The van der Waals surface area contributed by atoms with Gasteiger partial charge in [-0.2, -0.15) is 0 Å². The number of aromatic nitrogens is 2. The molecule has 3 nitrogen and oxygen atoms in total. The van der Waals surface area contributed by atoms with Crippen molar-refractivity contribution in [2.24, 2.45) is 0 Å². The highest BCUT2D eigenvalue weighted by molar-refractivity contribution is 5.80. The molecule has 0 spiro atoms. The van der Waals surface area contributed by atoms with E-state index in [0.29, 0.717) is 6.54 Å². The summed E-state index contributed by atoms with van der Waals surface area (Å²) in [6.07, 6.45) is 0. The second-order valence-electron chi connectivity index (χ2n) is 5.38. The quantitative estimate of drug-likeness (QED) is 0.727. The maximum Gasteiger partial charge on any atom is 0.148 e. The second-order valence-corrected chi connectivity index (χ2v) is 5.38. The lowest BCUT2D eigenvalue weighted by molar-refractivity contribution is 0.837. The minimum absolute atomic E-state index is 0.705. The largest absolute Gasteiger partial charge is 0.367 e. The monoisotopic (exact) mass is 277 g/mol. The molecule has 0 saturated carbocycles. The predicted octanol–water partition coefficient (Wildman–Crippen LogP) is 3.88. The van der Waals surface area contributed by atoms with Gasteiger partial charge in [0.25, 0.3) is 0 Å². The number of benzene rings is 2. The fraction of sp³-hybridized carbons (Fsp3) is 0.222. The Bertz CT molecular complexity index is 780. The molecule has 0 fully saturated rings. The van der Waals surface area contributed by atoms with E-state index < -0.39 is 0 Å². The molecule has 0 unspecified atom stereocenters. The molecule has 3 rings (SSSR count). The molecule has 1 heterocycles. The first-order chi connectivity index (χ1) is 10.1. The number of anilines is 1. The fourth-order valence-electron chi connectivity index (χ4n) is 2.65. The maximum absolute atomic E-state index is 4.68. The molecule has 21 heavy (non-hydrogen) atoms. The van der Waals surface area contributed by atoms with Crippen LogP contribution in [-0.2, 0) is 6.54 Å². The number of rotatable bonds is 3. The number of aryl methyl sites for hydroxylation is 2. The van der Waals surface area contributed by atoms with E-state index in [-0.39, 0.29) is 0 Å². The van der Waals surface area contributed by atoms with E-state index in [2.05, 4.69) is 59.2 Å². The average molecular weight is 277 g/mol. The predicted molar refractivity (Wildman–Crippen MR) is 87.6 cm³/mol. The minimum Gasteiger partial charge on any atom is -0.367 e. The van der Waals surface area contributed by atoms with Gasteiger partial charge in [0.2, 0.25) is 0 Å². The van der Waals surface area contributed by atoms with E-state index in [4.69, 9.17) is 0 Å². The Morgan fingerprint density at radius 3 is 2.43 bits per heavy atom. The van der Waals surface area contributed by atoms with E-state index in [1.165, 1.54) is 11.3 Å². The van der Waals surface area contributed by atoms with Gasteiger partial charge in [-0.05, 0) is 31.5 Å². The molecule has 0 N–H and O–H groups in total. The molecule has 0 radical (unpaired) electrons. The third kappa shape index (κ3) is 2.72. The highest BCUT2D eigenvalue weighted by Gasteiger charge is 2.09. The number of hydrogen-bond donors (Lipinski definition) is 0. The van der Waals surface area contributed by atoms with Crippen molar-refractivity contribution in [1.82, 2.24) is 9.97 Å². The van der Waals surface area contributed by atoms with E-state index >= 15 is 0 Å². The summed E-state index contributed by atoms with van der Waals surface area (Å²) in [5, 5.41) is 1.12. The van der Waals surface area contributed by atoms with Gasteiger partial charge in [-0.25, -0.2) is 9.97 Å². The van der Waals surface area contributed by atoms with Crippen LogP contribution in [-0.4, -0.2) is 17.0 Å². The van der Waals surface area contributed by atoms with Gasteiger partial charge in [-0.1, -0.05) is 36.4 Å². The first-order valence-corrected chi connectivity index (χ1v) is 7.14. The third-order valence-corrected chi connectivity index (χ3v) is 3.75. The number of hydrogen-bond acceptors (Lipinski definition) is 3. The Labute approximate surface area is 125 Å². The van der Waals surface area contributed by atoms with Crippen molar-refractivity contribution in [2.45, 2.75) is 20.4 Å². The molecule has 3 aromatic rings. The fourth-order valence-corrected chi connectivity index (χ4v) is 2.65. The average Bonchev–Trinajstić information content (AvgIpc) is 2.47. The van der Waals surface area contributed by atoms with Crippen LogP contribution in [0.25, 0.3) is 10.9 Å². The van der Waals surface area contributed by atoms with Gasteiger partial charge < -0.3 is 4.90 Å². The minimum atomic E-state index is 0.705. The zero-order valence-electron chi connectivity index (χ0n) is 12.7. The highest BCUT2D eigenvalue weighted by atomic mass is 15.1. The molecule has 106 valence electrons. The summed E-state index contributed by atoms with van der Waals surface area (Å²) in [5.74, 6) is 0.858. The van der Waals surface area contributed by atoms with Gasteiger partial charge in [-0.15, -0.1) is 0 Å². The van der Waals surface area contributed by atoms with Crippen LogP contribution in [0.1, 0.15) is 17.1 Å².